The number of nitrogens with one attached hydrogen (secondary N) is 1. The van der Waals surface area contributed by atoms with E-state index in [-0.39, 0.29) is 40.2 Å². The van der Waals surface area contributed by atoms with Crippen molar-refractivity contribution in [3.63, 3.8) is 0 Å². The lowest BCUT2D eigenvalue weighted by molar-refractivity contribution is -0.119. The lowest BCUT2D eigenvalue weighted by atomic mass is 10.1. The van der Waals surface area contributed by atoms with E-state index in [1.165, 1.54) is 30.7 Å². The average molecular weight is 369 g/mol. The Balaban J connectivity index is 2.13. The van der Waals surface area contributed by atoms with E-state index in [1.54, 1.807) is 6.92 Å². The maximum Gasteiger partial charge on any atom is 0.228 e. The number of rotatable bonds is 5. The smallest absolute Gasteiger partial charge is 0.228 e. The minimum absolute atomic E-state index is 0.0990. The van der Waals surface area contributed by atoms with E-state index in [2.05, 4.69) is 25.3 Å². The first-order valence-electron chi connectivity index (χ1n) is 8.39. The van der Waals surface area contributed by atoms with Gasteiger partial charge < -0.3 is 5.32 Å². The quantitative estimate of drug-likeness (QED) is 0.739. The molecule has 3 aromatic rings. The molecular formula is C19H17F2N5O. The Labute approximate surface area is 154 Å². The van der Waals surface area contributed by atoms with Crippen LogP contribution in [-0.4, -0.2) is 25.8 Å². The Hall–Kier alpha value is -3.29. The number of amides is 1. The summed E-state index contributed by atoms with van der Waals surface area (Å²) in [6, 6.07) is 2.85. The molecule has 1 unspecified atom stereocenters. The number of hydrogen-bond donors (Lipinski definition) is 1. The second-order valence-electron chi connectivity index (χ2n) is 5.96. The summed E-state index contributed by atoms with van der Waals surface area (Å²) in [7, 11) is 0. The molecular weight excluding hydrogens is 352 g/mol. The van der Waals surface area contributed by atoms with E-state index >= 15 is 0 Å². The minimum Gasteiger partial charge on any atom is -0.309 e. The molecule has 0 saturated heterocycles. The van der Waals surface area contributed by atoms with Gasteiger partial charge in [-0.05, 0) is 18.6 Å². The number of anilines is 1. The highest BCUT2D eigenvalue weighted by Crippen LogP contribution is 2.32. The van der Waals surface area contributed by atoms with E-state index in [9.17, 15) is 13.6 Å². The number of aromatic nitrogens is 4. The summed E-state index contributed by atoms with van der Waals surface area (Å²) in [5.41, 5.74) is 0.468. The molecule has 0 fully saturated rings. The van der Waals surface area contributed by atoms with Gasteiger partial charge in [0.2, 0.25) is 5.91 Å². The van der Waals surface area contributed by atoms with Gasteiger partial charge in [-0.3, -0.25) is 14.8 Å². The van der Waals surface area contributed by atoms with Crippen molar-refractivity contribution in [3.8, 4) is 22.5 Å². The van der Waals surface area contributed by atoms with Crippen molar-refractivity contribution >= 4 is 11.7 Å². The predicted molar refractivity (Wildman–Crippen MR) is 96.5 cm³/mol. The summed E-state index contributed by atoms with van der Waals surface area (Å²) in [4.78, 5) is 28.1. The van der Waals surface area contributed by atoms with Crippen molar-refractivity contribution in [1.82, 2.24) is 19.9 Å². The lowest BCUT2D eigenvalue weighted by Crippen LogP contribution is -2.20. The molecule has 0 saturated carbocycles. The largest absolute Gasteiger partial charge is 0.309 e. The molecule has 138 valence electrons. The van der Waals surface area contributed by atoms with Gasteiger partial charge in [0.15, 0.2) is 17.5 Å². The molecule has 0 bridgehead atoms. The maximum atomic E-state index is 14.3. The second kappa shape index (κ2) is 7.94. The molecule has 1 atom stereocenters. The SMILES string of the molecule is CCC(C)C(=O)Nc1cnc(-c2ccncc2F)c(-c2ccncc2F)n1. The zero-order valence-electron chi connectivity index (χ0n) is 14.8. The molecule has 0 aromatic carbocycles. The predicted octanol–water partition coefficient (Wildman–Crippen LogP) is 3.86. The molecule has 0 spiro atoms. The van der Waals surface area contributed by atoms with E-state index in [4.69, 9.17) is 0 Å². The standard InChI is InChI=1S/C19H17F2N5O/c1-3-11(2)19(27)26-16-10-24-17(12-4-6-22-8-14(12)20)18(25-16)13-5-7-23-9-15(13)21/h4-11H,3H2,1-2H3,(H,25,26,27). The number of hydrogen-bond acceptors (Lipinski definition) is 5. The van der Waals surface area contributed by atoms with Crippen LogP contribution in [0.5, 0.6) is 0 Å². The minimum atomic E-state index is -0.632. The Bertz CT molecular complexity index is 980. The lowest BCUT2D eigenvalue weighted by Gasteiger charge is -2.13. The summed E-state index contributed by atoms with van der Waals surface area (Å²) in [5, 5.41) is 2.66. The third kappa shape index (κ3) is 3.94. The summed E-state index contributed by atoms with van der Waals surface area (Å²) in [6.45, 7) is 3.68. The molecule has 0 aliphatic rings. The number of pyridine rings is 2. The highest BCUT2D eigenvalue weighted by Gasteiger charge is 2.19. The molecule has 3 rings (SSSR count). The zero-order chi connectivity index (χ0) is 19.4. The third-order valence-corrected chi connectivity index (χ3v) is 4.14. The van der Waals surface area contributed by atoms with Crippen molar-refractivity contribution in [2.24, 2.45) is 5.92 Å². The Morgan fingerprint density at radius 1 is 1.04 bits per heavy atom. The van der Waals surface area contributed by atoms with Gasteiger partial charge in [0.1, 0.15) is 5.69 Å². The molecule has 6 nitrogen and oxygen atoms in total. The van der Waals surface area contributed by atoms with Gasteiger partial charge in [-0.25, -0.2) is 18.7 Å². The maximum absolute atomic E-state index is 14.3. The number of carbonyl (C=O) groups is 1. The van der Waals surface area contributed by atoms with Gasteiger partial charge in [0.25, 0.3) is 0 Å². The summed E-state index contributed by atoms with van der Waals surface area (Å²) >= 11 is 0. The Morgan fingerprint density at radius 2 is 1.63 bits per heavy atom. The molecule has 0 aliphatic carbocycles. The molecule has 3 aromatic heterocycles. The van der Waals surface area contributed by atoms with Crippen LogP contribution in [0.2, 0.25) is 0 Å². The second-order valence-corrected chi connectivity index (χ2v) is 5.96. The summed E-state index contributed by atoms with van der Waals surface area (Å²) in [6.07, 6.45) is 6.86. The van der Waals surface area contributed by atoms with Crippen LogP contribution in [0.4, 0.5) is 14.6 Å². The fourth-order valence-electron chi connectivity index (χ4n) is 2.40. The van der Waals surface area contributed by atoms with Crippen LogP contribution < -0.4 is 5.32 Å². The first-order chi connectivity index (χ1) is 13.0. The molecule has 3 heterocycles. The van der Waals surface area contributed by atoms with Crippen molar-refractivity contribution < 1.29 is 13.6 Å². The van der Waals surface area contributed by atoms with Crippen LogP contribution in [0.3, 0.4) is 0 Å². The van der Waals surface area contributed by atoms with Gasteiger partial charge in [0, 0.05) is 29.4 Å². The van der Waals surface area contributed by atoms with Crippen molar-refractivity contribution in [1.29, 1.82) is 0 Å². The fraction of sp³-hybridized carbons (Fsp3) is 0.211. The van der Waals surface area contributed by atoms with Crippen LogP contribution >= 0.6 is 0 Å². The van der Waals surface area contributed by atoms with E-state index in [0.717, 1.165) is 12.4 Å². The summed E-state index contributed by atoms with van der Waals surface area (Å²) < 4.78 is 28.6. The fourth-order valence-corrected chi connectivity index (χ4v) is 2.40. The zero-order valence-corrected chi connectivity index (χ0v) is 14.8. The molecule has 0 radical (unpaired) electrons. The van der Waals surface area contributed by atoms with Gasteiger partial charge >= 0.3 is 0 Å². The molecule has 8 heteroatoms. The van der Waals surface area contributed by atoms with Crippen LogP contribution in [0.15, 0.2) is 43.1 Å². The molecule has 1 amide bonds. The van der Waals surface area contributed by atoms with Crippen molar-refractivity contribution in [2.45, 2.75) is 20.3 Å². The van der Waals surface area contributed by atoms with E-state index in [1.807, 2.05) is 6.92 Å². The van der Waals surface area contributed by atoms with Gasteiger partial charge in [0.05, 0.1) is 24.3 Å². The average Bonchev–Trinajstić information content (AvgIpc) is 2.68. The molecule has 1 N–H and O–H groups in total. The number of carbonyl (C=O) groups excluding carboxylic acids is 1. The van der Waals surface area contributed by atoms with Crippen LogP contribution in [0, 0.1) is 17.6 Å². The van der Waals surface area contributed by atoms with Crippen molar-refractivity contribution in [2.75, 3.05) is 5.32 Å². The monoisotopic (exact) mass is 369 g/mol. The van der Waals surface area contributed by atoms with E-state index in [0.29, 0.717) is 6.42 Å². The first kappa shape index (κ1) is 18.5. The van der Waals surface area contributed by atoms with Crippen molar-refractivity contribution in [3.05, 3.63) is 54.8 Å². The number of halogens is 2. The molecule has 27 heavy (non-hydrogen) atoms. The summed E-state index contributed by atoms with van der Waals surface area (Å²) in [5.74, 6) is -1.53. The van der Waals surface area contributed by atoms with Gasteiger partial charge in [-0.15, -0.1) is 0 Å². The topological polar surface area (TPSA) is 80.7 Å². The number of nitrogens with zero attached hydrogens (tertiary/aromatic N) is 4. The van der Waals surface area contributed by atoms with Crippen LogP contribution in [0.25, 0.3) is 22.5 Å². The highest BCUT2D eigenvalue weighted by atomic mass is 19.1. The highest BCUT2D eigenvalue weighted by molar-refractivity contribution is 5.92. The molecule has 0 aliphatic heterocycles. The van der Waals surface area contributed by atoms with Gasteiger partial charge in [-0.1, -0.05) is 13.8 Å². The Kier molecular flexibility index (Phi) is 5.44. The van der Waals surface area contributed by atoms with Crippen LogP contribution in [0.1, 0.15) is 20.3 Å². The Morgan fingerprint density at radius 3 is 2.19 bits per heavy atom. The van der Waals surface area contributed by atoms with Crippen LogP contribution in [-0.2, 0) is 4.79 Å². The van der Waals surface area contributed by atoms with E-state index < -0.39 is 11.6 Å². The third-order valence-electron chi connectivity index (χ3n) is 4.14. The normalized spacial score (nSPS) is 11.9. The first-order valence-corrected chi connectivity index (χ1v) is 8.39. The van der Waals surface area contributed by atoms with Gasteiger partial charge in [-0.2, -0.15) is 0 Å².